The molecule has 0 radical (unpaired) electrons. The summed E-state index contributed by atoms with van der Waals surface area (Å²) in [6.07, 6.45) is 3.74. The fourth-order valence-electron chi connectivity index (χ4n) is 2.49. The molecule has 0 aromatic carbocycles. The van der Waals surface area contributed by atoms with E-state index < -0.39 is 5.91 Å². The molecule has 1 heterocycles. The second kappa shape index (κ2) is 12.3. The highest BCUT2D eigenvalue weighted by atomic mass is 16.5. The monoisotopic (exact) mass is 352 g/mol. The average molecular weight is 352 g/mol. The van der Waals surface area contributed by atoms with Gasteiger partial charge in [-0.15, -0.1) is 0 Å². The van der Waals surface area contributed by atoms with Gasteiger partial charge in [0.1, 0.15) is 11.6 Å². The van der Waals surface area contributed by atoms with Gasteiger partial charge in [-0.3, -0.25) is 9.59 Å². The molecule has 1 saturated heterocycles. The van der Waals surface area contributed by atoms with Crippen LogP contribution in [0.3, 0.4) is 0 Å². The molecule has 1 rings (SSSR count). The van der Waals surface area contributed by atoms with Crippen LogP contribution in [0.25, 0.3) is 0 Å². The SMILES string of the molecule is COCCN(/C=C(/C#N)C(=O)NCCCN1CCCC1=O)CCOC. The number of carbonyl (C=O) groups excluding carboxylic acids is 2. The summed E-state index contributed by atoms with van der Waals surface area (Å²) in [4.78, 5) is 27.3. The van der Waals surface area contributed by atoms with Crippen LogP contribution in [-0.2, 0) is 19.1 Å². The molecule has 0 saturated carbocycles. The molecule has 1 aliphatic heterocycles. The minimum Gasteiger partial charge on any atom is -0.383 e. The van der Waals surface area contributed by atoms with E-state index in [0.717, 1.165) is 13.0 Å². The van der Waals surface area contributed by atoms with Crippen LogP contribution < -0.4 is 5.32 Å². The summed E-state index contributed by atoms with van der Waals surface area (Å²) >= 11 is 0. The number of nitriles is 1. The molecular formula is C17H28N4O4. The third kappa shape index (κ3) is 8.01. The lowest BCUT2D eigenvalue weighted by atomic mass is 10.2. The summed E-state index contributed by atoms with van der Waals surface area (Å²) in [6.45, 7) is 3.97. The molecule has 0 aromatic heterocycles. The first kappa shape index (κ1) is 20.9. The number of hydrogen-bond donors (Lipinski definition) is 1. The Hall–Kier alpha value is -2.11. The van der Waals surface area contributed by atoms with Gasteiger partial charge in [-0.25, -0.2) is 0 Å². The smallest absolute Gasteiger partial charge is 0.263 e. The van der Waals surface area contributed by atoms with Crippen molar-refractivity contribution in [3.8, 4) is 6.07 Å². The van der Waals surface area contributed by atoms with Crippen molar-refractivity contribution < 1.29 is 19.1 Å². The maximum Gasteiger partial charge on any atom is 0.263 e. The van der Waals surface area contributed by atoms with Gasteiger partial charge >= 0.3 is 0 Å². The maximum absolute atomic E-state index is 12.1. The summed E-state index contributed by atoms with van der Waals surface area (Å²) in [5.74, 6) is -0.231. The van der Waals surface area contributed by atoms with E-state index in [9.17, 15) is 14.9 Å². The molecule has 8 nitrogen and oxygen atoms in total. The molecule has 1 N–H and O–H groups in total. The molecule has 140 valence electrons. The number of methoxy groups -OCH3 is 2. The molecule has 1 aliphatic rings. The van der Waals surface area contributed by atoms with Gasteiger partial charge in [0.2, 0.25) is 5.91 Å². The number of hydrogen-bond acceptors (Lipinski definition) is 6. The van der Waals surface area contributed by atoms with E-state index >= 15 is 0 Å². The van der Waals surface area contributed by atoms with Crippen molar-refractivity contribution >= 4 is 11.8 Å². The van der Waals surface area contributed by atoms with Crippen LogP contribution in [0.2, 0.25) is 0 Å². The topological polar surface area (TPSA) is 94.9 Å². The molecule has 8 heteroatoms. The lowest BCUT2D eigenvalue weighted by molar-refractivity contribution is -0.127. The highest BCUT2D eigenvalue weighted by Crippen LogP contribution is 2.09. The zero-order valence-electron chi connectivity index (χ0n) is 15.1. The highest BCUT2D eigenvalue weighted by Gasteiger charge is 2.19. The van der Waals surface area contributed by atoms with Crippen LogP contribution in [0, 0.1) is 11.3 Å². The van der Waals surface area contributed by atoms with Crippen LogP contribution in [0.15, 0.2) is 11.8 Å². The number of likely N-dealkylation sites (tertiary alicyclic amines) is 1. The number of amides is 2. The standard InChI is InChI=1S/C17H28N4O4/c1-24-11-9-20(10-12-25-2)14-15(13-18)17(23)19-6-4-8-21-7-3-5-16(21)22/h14H,3-12H2,1-2H3,(H,19,23)/b15-14-. The van der Waals surface area contributed by atoms with Crippen LogP contribution in [-0.4, -0.2) is 81.8 Å². The average Bonchev–Trinajstić information content (AvgIpc) is 3.02. The van der Waals surface area contributed by atoms with Gasteiger partial charge in [0, 0.05) is 59.6 Å². The molecule has 0 unspecified atom stereocenters. The van der Waals surface area contributed by atoms with Gasteiger partial charge in [0.05, 0.1) is 13.2 Å². The number of rotatable bonds is 12. The Kier molecular flexibility index (Phi) is 10.3. The molecule has 25 heavy (non-hydrogen) atoms. The van der Waals surface area contributed by atoms with Crippen molar-refractivity contribution in [2.24, 2.45) is 0 Å². The first-order valence-corrected chi connectivity index (χ1v) is 8.52. The van der Waals surface area contributed by atoms with Crippen LogP contribution in [0.4, 0.5) is 0 Å². The van der Waals surface area contributed by atoms with E-state index in [1.54, 1.807) is 14.2 Å². The fourth-order valence-corrected chi connectivity index (χ4v) is 2.49. The van der Waals surface area contributed by atoms with Crippen molar-refractivity contribution in [3.63, 3.8) is 0 Å². The molecule has 2 amide bonds. The second-order valence-corrected chi connectivity index (χ2v) is 5.77. The number of nitrogens with one attached hydrogen (secondary N) is 1. The van der Waals surface area contributed by atoms with Gasteiger partial charge in [-0.1, -0.05) is 0 Å². The normalized spacial score (nSPS) is 14.5. The summed E-state index contributed by atoms with van der Waals surface area (Å²) in [5, 5.41) is 12.0. The van der Waals surface area contributed by atoms with Crippen molar-refractivity contribution in [1.29, 1.82) is 5.26 Å². The Labute approximate surface area is 149 Å². The summed E-state index contributed by atoms with van der Waals surface area (Å²) in [6, 6.07) is 1.94. The van der Waals surface area contributed by atoms with E-state index in [-0.39, 0.29) is 11.5 Å². The summed E-state index contributed by atoms with van der Waals surface area (Å²) < 4.78 is 10.1. The van der Waals surface area contributed by atoms with Crippen molar-refractivity contribution in [2.45, 2.75) is 19.3 Å². The number of nitrogens with zero attached hydrogens (tertiary/aromatic N) is 3. The van der Waals surface area contributed by atoms with Crippen LogP contribution >= 0.6 is 0 Å². The predicted molar refractivity (Wildman–Crippen MR) is 92.5 cm³/mol. The Bertz CT molecular complexity index is 493. The third-order valence-electron chi connectivity index (χ3n) is 3.90. The third-order valence-corrected chi connectivity index (χ3v) is 3.90. The van der Waals surface area contributed by atoms with E-state index in [4.69, 9.17) is 9.47 Å². The molecular weight excluding hydrogens is 324 g/mol. The Morgan fingerprint density at radius 1 is 1.36 bits per heavy atom. The molecule has 0 aromatic rings. The Balaban J connectivity index is 2.44. The van der Waals surface area contributed by atoms with Crippen molar-refractivity contribution in [3.05, 3.63) is 11.8 Å². The molecule has 0 aliphatic carbocycles. The first-order valence-electron chi connectivity index (χ1n) is 8.52. The van der Waals surface area contributed by atoms with Crippen LogP contribution in [0.5, 0.6) is 0 Å². The molecule has 0 atom stereocenters. The van der Waals surface area contributed by atoms with E-state index in [1.807, 2.05) is 15.9 Å². The van der Waals surface area contributed by atoms with Gasteiger partial charge < -0.3 is 24.6 Å². The number of ether oxygens (including phenoxy) is 2. The van der Waals surface area contributed by atoms with E-state index in [0.29, 0.717) is 52.2 Å². The molecule has 0 spiro atoms. The van der Waals surface area contributed by atoms with E-state index in [1.165, 1.54) is 6.20 Å². The van der Waals surface area contributed by atoms with Gasteiger partial charge in [0.15, 0.2) is 0 Å². The Morgan fingerprint density at radius 2 is 2.04 bits per heavy atom. The van der Waals surface area contributed by atoms with Crippen molar-refractivity contribution in [2.75, 3.05) is 60.2 Å². The van der Waals surface area contributed by atoms with Gasteiger partial charge in [-0.2, -0.15) is 5.26 Å². The van der Waals surface area contributed by atoms with Gasteiger partial charge in [0.25, 0.3) is 5.91 Å². The number of carbonyl (C=O) groups is 2. The molecule has 1 fully saturated rings. The predicted octanol–water partition coefficient (Wildman–Crippen LogP) is 0.117. The highest BCUT2D eigenvalue weighted by molar-refractivity contribution is 5.97. The lowest BCUT2D eigenvalue weighted by Crippen LogP contribution is -2.32. The largest absolute Gasteiger partial charge is 0.383 e. The second-order valence-electron chi connectivity index (χ2n) is 5.77. The fraction of sp³-hybridized carbons (Fsp3) is 0.706. The van der Waals surface area contributed by atoms with Crippen LogP contribution in [0.1, 0.15) is 19.3 Å². The summed E-state index contributed by atoms with van der Waals surface area (Å²) in [5.41, 5.74) is 0.0458. The minimum absolute atomic E-state index is 0.0458. The van der Waals surface area contributed by atoms with Gasteiger partial charge in [-0.05, 0) is 12.8 Å². The Morgan fingerprint density at radius 3 is 2.56 bits per heavy atom. The lowest BCUT2D eigenvalue weighted by Gasteiger charge is -2.20. The zero-order valence-corrected chi connectivity index (χ0v) is 15.1. The zero-order chi connectivity index (χ0) is 18.5. The summed E-state index contributed by atoms with van der Waals surface area (Å²) in [7, 11) is 3.20. The van der Waals surface area contributed by atoms with Crippen molar-refractivity contribution in [1.82, 2.24) is 15.1 Å². The maximum atomic E-state index is 12.1. The van der Waals surface area contributed by atoms with E-state index in [2.05, 4.69) is 5.32 Å². The quantitative estimate of drug-likeness (QED) is 0.304. The minimum atomic E-state index is -0.407. The first-order chi connectivity index (χ1) is 12.1. The molecule has 0 bridgehead atoms.